The summed E-state index contributed by atoms with van der Waals surface area (Å²) in [5, 5.41) is 7.37. The SMILES string of the molecule is Cc1ccc(-c2cc(NC(=O)c3cccc(C(=O)c4ccccc4)c3)n(C)n2)cc1. The molecule has 4 rings (SSSR count). The van der Waals surface area contributed by atoms with Crippen molar-refractivity contribution in [3.63, 3.8) is 0 Å². The lowest BCUT2D eigenvalue weighted by Crippen LogP contribution is -2.15. The quantitative estimate of drug-likeness (QED) is 0.490. The van der Waals surface area contributed by atoms with Crippen molar-refractivity contribution in [1.29, 1.82) is 0 Å². The lowest BCUT2D eigenvalue weighted by atomic mass is 10.0. The number of rotatable bonds is 5. The minimum Gasteiger partial charge on any atom is -0.307 e. The molecule has 148 valence electrons. The fourth-order valence-corrected chi connectivity index (χ4v) is 3.20. The monoisotopic (exact) mass is 395 g/mol. The number of nitrogens with one attached hydrogen (secondary N) is 1. The molecule has 0 bridgehead atoms. The fraction of sp³-hybridized carbons (Fsp3) is 0.0800. The van der Waals surface area contributed by atoms with Gasteiger partial charge in [0.2, 0.25) is 0 Å². The van der Waals surface area contributed by atoms with Crippen molar-refractivity contribution in [2.75, 3.05) is 5.32 Å². The van der Waals surface area contributed by atoms with Gasteiger partial charge in [-0.3, -0.25) is 14.3 Å². The molecule has 1 N–H and O–H groups in total. The largest absolute Gasteiger partial charge is 0.307 e. The summed E-state index contributed by atoms with van der Waals surface area (Å²) in [5.41, 5.74) is 4.40. The van der Waals surface area contributed by atoms with Crippen molar-refractivity contribution < 1.29 is 9.59 Å². The normalized spacial score (nSPS) is 10.6. The summed E-state index contributed by atoms with van der Waals surface area (Å²) in [5.74, 6) is 0.166. The number of carbonyl (C=O) groups is 2. The summed E-state index contributed by atoms with van der Waals surface area (Å²) in [6.45, 7) is 2.03. The molecule has 5 heteroatoms. The maximum atomic E-state index is 12.8. The molecule has 30 heavy (non-hydrogen) atoms. The number of aryl methyl sites for hydroxylation is 2. The smallest absolute Gasteiger partial charge is 0.256 e. The third-order valence-corrected chi connectivity index (χ3v) is 4.89. The van der Waals surface area contributed by atoms with E-state index in [-0.39, 0.29) is 11.7 Å². The Bertz CT molecular complexity index is 1210. The summed E-state index contributed by atoms with van der Waals surface area (Å²) < 4.78 is 1.63. The average Bonchev–Trinajstić information content (AvgIpc) is 3.14. The molecule has 1 heterocycles. The first kappa shape index (κ1) is 19.3. The number of ketones is 1. The van der Waals surface area contributed by atoms with Crippen LogP contribution in [0.25, 0.3) is 11.3 Å². The second-order valence-corrected chi connectivity index (χ2v) is 7.13. The molecular weight excluding hydrogens is 374 g/mol. The highest BCUT2D eigenvalue weighted by Crippen LogP contribution is 2.22. The highest BCUT2D eigenvalue weighted by Gasteiger charge is 2.14. The summed E-state index contributed by atoms with van der Waals surface area (Å²) in [6, 6.07) is 25.6. The Hall–Kier alpha value is -3.99. The molecule has 0 atom stereocenters. The van der Waals surface area contributed by atoms with Gasteiger partial charge in [-0.1, -0.05) is 72.3 Å². The van der Waals surface area contributed by atoms with Gasteiger partial charge in [-0.2, -0.15) is 5.10 Å². The van der Waals surface area contributed by atoms with Crippen LogP contribution < -0.4 is 5.32 Å². The molecule has 0 aliphatic heterocycles. The van der Waals surface area contributed by atoms with E-state index in [1.807, 2.05) is 55.5 Å². The molecule has 0 aliphatic rings. The zero-order chi connectivity index (χ0) is 21.1. The van der Waals surface area contributed by atoms with Crippen molar-refractivity contribution >= 4 is 17.5 Å². The molecule has 3 aromatic carbocycles. The average molecular weight is 395 g/mol. The summed E-state index contributed by atoms with van der Waals surface area (Å²) in [6.07, 6.45) is 0. The minimum absolute atomic E-state index is 0.118. The number of benzene rings is 3. The molecule has 0 fully saturated rings. The maximum absolute atomic E-state index is 12.8. The Morgan fingerprint density at radius 3 is 2.20 bits per heavy atom. The van der Waals surface area contributed by atoms with Crippen LogP contribution in [0.5, 0.6) is 0 Å². The topological polar surface area (TPSA) is 64.0 Å². The summed E-state index contributed by atoms with van der Waals surface area (Å²) in [4.78, 5) is 25.5. The van der Waals surface area contributed by atoms with Crippen LogP contribution in [0.3, 0.4) is 0 Å². The Kier molecular flexibility index (Phi) is 5.26. The Morgan fingerprint density at radius 2 is 1.47 bits per heavy atom. The van der Waals surface area contributed by atoms with E-state index in [0.29, 0.717) is 22.5 Å². The molecule has 1 amide bonds. The molecule has 1 aromatic heterocycles. The van der Waals surface area contributed by atoms with Gasteiger partial charge in [-0.15, -0.1) is 0 Å². The van der Waals surface area contributed by atoms with Crippen LogP contribution in [0.1, 0.15) is 31.8 Å². The van der Waals surface area contributed by atoms with Crippen molar-refractivity contribution in [1.82, 2.24) is 9.78 Å². The number of nitrogens with zero attached hydrogens (tertiary/aromatic N) is 2. The summed E-state index contributed by atoms with van der Waals surface area (Å²) in [7, 11) is 1.78. The lowest BCUT2D eigenvalue weighted by Gasteiger charge is -2.07. The number of anilines is 1. The molecule has 0 saturated carbocycles. The van der Waals surface area contributed by atoms with Crippen LogP contribution in [0.15, 0.2) is 84.9 Å². The van der Waals surface area contributed by atoms with Gasteiger partial charge < -0.3 is 5.32 Å². The summed E-state index contributed by atoms with van der Waals surface area (Å²) >= 11 is 0. The van der Waals surface area contributed by atoms with Gasteiger partial charge in [-0.25, -0.2) is 0 Å². The van der Waals surface area contributed by atoms with Gasteiger partial charge in [0.1, 0.15) is 5.82 Å². The van der Waals surface area contributed by atoms with E-state index in [9.17, 15) is 9.59 Å². The van der Waals surface area contributed by atoms with Crippen LogP contribution in [0, 0.1) is 6.92 Å². The van der Waals surface area contributed by atoms with Crippen molar-refractivity contribution in [3.8, 4) is 11.3 Å². The Balaban J connectivity index is 1.55. The Morgan fingerprint density at radius 1 is 0.800 bits per heavy atom. The first-order valence-corrected chi connectivity index (χ1v) is 9.63. The third kappa shape index (κ3) is 4.05. The highest BCUT2D eigenvalue weighted by atomic mass is 16.1. The van der Waals surface area contributed by atoms with Crippen LogP contribution in [0.4, 0.5) is 5.82 Å². The van der Waals surface area contributed by atoms with Crippen LogP contribution in [-0.4, -0.2) is 21.5 Å². The molecule has 0 saturated heterocycles. The van der Waals surface area contributed by atoms with Crippen LogP contribution >= 0.6 is 0 Å². The van der Waals surface area contributed by atoms with Gasteiger partial charge >= 0.3 is 0 Å². The number of hydrogen-bond acceptors (Lipinski definition) is 3. The van der Waals surface area contributed by atoms with Gasteiger partial charge in [0.15, 0.2) is 5.78 Å². The predicted molar refractivity (Wildman–Crippen MR) is 118 cm³/mol. The van der Waals surface area contributed by atoms with E-state index in [1.165, 1.54) is 5.56 Å². The van der Waals surface area contributed by atoms with E-state index >= 15 is 0 Å². The molecule has 5 nitrogen and oxygen atoms in total. The molecule has 0 aliphatic carbocycles. The van der Waals surface area contributed by atoms with Gasteiger partial charge in [0.05, 0.1) is 5.69 Å². The zero-order valence-corrected chi connectivity index (χ0v) is 16.8. The molecule has 0 unspecified atom stereocenters. The molecule has 0 spiro atoms. The molecular formula is C25H21N3O2. The first-order chi connectivity index (χ1) is 14.5. The fourth-order valence-electron chi connectivity index (χ4n) is 3.20. The van der Waals surface area contributed by atoms with Crippen molar-refractivity contribution in [2.24, 2.45) is 7.05 Å². The van der Waals surface area contributed by atoms with E-state index in [4.69, 9.17) is 0 Å². The molecule has 0 radical (unpaired) electrons. The van der Waals surface area contributed by atoms with Gasteiger partial charge in [0.25, 0.3) is 5.91 Å². The lowest BCUT2D eigenvalue weighted by molar-refractivity contribution is 0.102. The second kappa shape index (κ2) is 8.17. The first-order valence-electron chi connectivity index (χ1n) is 9.63. The van der Waals surface area contributed by atoms with Crippen LogP contribution in [-0.2, 0) is 7.05 Å². The number of amides is 1. The maximum Gasteiger partial charge on any atom is 0.256 e. The van der Waals surface area contributed by atoms with Crippen LogP contribution in [0.2, 0.25) is 0 Å². The predicted octanol–water partition coefficient (Wildman–Crippen LogP) is 4.88. The highest BCUT2D eigenvalue weighted by molar-refractivity contribution is 6.11. The standard InChI is InChI=1S/C25H21N3O2/c1-17-11-13-18(14-12-17)22-16-23(28(2)27-22)26-25(30)21-10-6-9-20(15-21)24(29)19-7-4-3-5-8-19/h3-16H,1-2H3,(H,26,30). The zero-order valence-electron chi connectivity index (χ0n) is 16.8. The number of aromatic nitrogens is 2. The van der Waals surface area contributed by atoms with E-state index < -0.39 is 0 Å². The van der Waals surface area contributed by atoms with E-state index in [0.717, 1.165) is 11.3 Å². The molecule has 4 aromatic rings. The second-order valence-electron chi connectivity index (χ2n) is 7.13. The Labute approximate surface area is 175 Å². The number of carbonyl (C=O) groups excluding carboxylic acids is 2. The van der Waals surface area contributed by atoms with E-state index in [2.05, 4.69) is 10.4 Å². The van der Waals surface area contributed by atoms with E-state index in [1.54, 1.807) is 48.1 Å². The third-order valence-electron chi connectivity index (χ3n) is 4.89. The van der Waals surface area contributed by atoms with Crippen molar-refractivity contribution in [2.45, 2.75) is 6.92 Å². The van der Waals surface area contributed by atoms with Crippen molar-refractivity contribution in [3.05, 3.63) is 107 Å². The number of hydrogen-bond donors (Lipinski definition) is 1. The minimum atomic E-state index is -0.295. The van der Waals surface area contributed by atoms with Gasteiger partial charge in [-0.05, 0) is 19.1 Å². The van der Waals surface area contributed by atoms with Gasteiger partial charge in [0, 0.05) is 35.4 Å².